The van der Waals surface area contributed by atoms with E-state index in [0.717, 1.165) is 18.8 Å². The Balaban J connectivity index is 1.94. The quantitative estimate of drug-likeness (QED) is 0.755. The van der Waals surface area contributed by atoms with E-state index in [0.29, 0.717) is 12.1 Å². The smallest absolute Gasteiger partial charge is 0.0779 e. The van der Waals surface area contributed by atoms with Gasteiger partial charge in [-0.2, -0.15) is 0 Å². The van der Waals surface area contributed by atoms with E-state index < -0.39 is 0 Å². The minimum absolute atomic E-state index is 0.435. The molecule has 1 aromatic rings. The minimum Gasteiger partial charge on any atom is -0.399 e. The molecule has 0 aromatic heterocycles. The first-order valence-electron chi connectivity index (χ1n) is 6.50. The summed E-state index contributed by atoms with van der Waals surface area (Å²) in [5.41, 5.74) is 9.38. The Morgan fingerprint density at radius 2 is 2.24 bits per heavy atom. The zero-order chi connectivity index (χ0) is 11.8. The summed E-state index contributed by atoms with van der Waals surface area (Å²) in [7, 11) is 0. The van der Waals surface area contributed by atoms with Gasteiger partial charge in [0.05, 0.1) is 18.8 Å². The van der Waals surface area contributed by atoms with E-state index >= 15 is 0 Å². The second-order valence-corrected chi connectivity index (χ2v) is 5.15. The summed E-state index contributed by atoms with van der Waals surface area (Å²) >= 11 is 0. The molecule has 1 aliphatic carbocycles. The van der Waals surface area contributed by atoms with Crippen LogP contribution in [0.2, 0.25) is 0 Å². The molecule has 2 atom stereocenters. The van der Waals surface area contributed by atoms with Crippen LogP contribution in [0.1, 0.15) is 24.8 Å². The van der Waals surface area contributed by atoms with Crippen molar-refractivity contribution in [2.75, 3.05) is 23.8 Å². The SMILES string of the molecule is Cc1ccc(N)cc1N1CCOC2CCCC21. The van der Waals surface area contributed by atoms with Crippen molar-refractivity contribution in [3.05, 3.63) is 23.8 Å². The van der Waals surface area contributed by atoms with E-state index in [1.54, 1.807) is 0 Å². The van der Waals surface area contributed by atoms with Crippen LogP contribution in [-0.4, -0.2) is 25.3 Å². The largest absolute Gasteiger partial charge is 0.399 e. The Kier molecular flexibility index (Phi) is 2.71. The van der Waals surface area contributed by atoms with Gasteiger partial charge in [0.1, 0.15) is 0 Å². The van der Waals surface area contributed by atoms with Crippen molar-refractivity contribution in [2.45, 2.75) is 38.3 Å². The van der Waals surface area contributed by atoms with Crippen molar-refractivity contribution in [1.29, 1.82) is 0 Å². The van der Waals surface area contributed by atoms with Gasteiger partial charge in [-0.25, -0.2) is 0 Å². The van der Waals surface area contributed by atoms with E-state index in [1.165, 1.54) is 30.5 Å². The molecular formula is C14H20N2O. The van der Waals surface area contributed by atoms with E-state index in [9.17, 15) is 0 Å². The Hall–Kier alpha value is -1.22. The predicted molar refractivity (Wildman–Crippen MR) is 70.3 cm³/mol. The number of morpholine rings is 1. The first-order valence-corrected chi connectivity index (χ1v) is 6.50. The molecular weight excluding hydrogens is 212 g/mol. The van der Waals surface area contributed by atoms with Crippen LogP contribution in [0.15, 0.2) is 18.2 Å². The highest BCUT2D eigenvalue weighted by Crippen LogP contribution is 2.35. The number of ether oxygens (including phenoxy) is 1. The molecule has 0 radical (unpaired) electrons. The highest BCUT2D eigenvalue weighted by molar-refractivity contribution is 5.61. The Labute approximate surface area is 103 Å². The molecule has 3 heteroatoms. The molecule has 2 fully saturated rings. The van der Waals surface area contributed by atoms with Crippen LogP contribution < -0.4 is 10.6 Å². The monoisotopic (exact) mass is 232 g/mol. The molecule has 2 aliphatic rings. The molecule has 3 rings (SSSR count). The second kappa shape index (κ2) is 4.22. The fourth-order valence-corrected chi connectivity index (χ4v) is 3.16. The lowest BCUT2D eigenvalue weighted by atomic mass is 10.1. The van der Waals surface area contributed by atoms with Crippen LogP contribution in [0.25, 0.3) is 0 Å². The van der Waals surface area contributed by atoms with Gasteiger partial charge in [-0.15, -0.1) is 0 Å². The Morgan fingerprint density at radius 3 is 3.12 bits per heavy atom. The first kappa shape index (κ1) is 10.9. The average Bonchev–Trinajstić information content (AvgIpc) is 2.80. The van der Waals surface area contributed by atoms with Crippen LogP contribution in [0, 0.1) is 6.92 Å². The third-order valence-corrected chi connectivity index (χ3v) is 4.02. The van der Waals surface area contributed by atoms with Gasteiger partial charge in [-0.05, 0) is 43.9 Å². The molecule has 1 saturated carbocycles. The summed E-state index contributed by atoms with van der Waals surface area (Å²) in [4.78, 5) is 2.51. The zero-order valence-electron chi connectivity index (χ0n) is 10.4. The van der Waals surface area contributed by atoms with Gasteiger partial charge in [0.15, 0.2) is 0 Å². The molecule has 2 N–H and O–H groups in total. The van der Waals surface area contributed by atoms with Gasteiger partial charge in [-0.1, -0.05) is 6.07 Å². The fraction of sp³-hybridized carbons (Fsp3) is 0.571. The first-order chi connectivity index (χ1) is 8.25. The normalized spacial score (nSPS) is 28.2. The van der Waals surface area contributed by atoms with Crippen molar-refractivity contribution in [3.8, 4) is 0 Å². The molecule has 0 bridgehead atoms. The molecule has 17 heavy (non-hydrogen) atoms. The fourth-order valence-electron chi connectivity index (χ4n) is 3.16. The number of nitrogen functional groups attached to an aromatic ring is 1. The molecule has 0 spiro atoms. The number of nitrogens with two attached hydrogens (primary N) is 1. The van der Waals surface area contributed by atoms with Crippen molar-refractivity contribution in [2.24, 2.45) is 0 Å². The Morgan fingerprint density at radius 1 is 1.35 bits per heavy atom. The number of hydrogen-bond acceptors (Lipinski definition) is 3. The van der Waals surface area contributed by atoms with Crippen molar-refractivity contribution in [1.82, 2.24) is 0 Å². The van der Waals surface area contributed by atoms with E-state index in [2.05, 4.69) is 24.0 Å². The number of fused-ring (bicyclic) bond motifs is 1. The van der Waals surface area contributed by atoms with E-state index in [4.69, 9.17) is 10.5 Å². The third kappa shape index (κ3) is 1.89. The molecule has 92 valence electrons. The maximum absolute atomic E-state index is 5.91. The van der Waals surface area contributed by atoms with Crippen molar-refractivity contribution in [3.63, 3.8) is 0 Å². The van der Waals surface area contributed by atoms with Crippen LogP contribution in [0.3, 0.4) is 0 Å². The molecule has 1 aromatic carbocycles. The van der Waals surface area contributed by atoms with Crippen LogP contribution >= 0.6 is 0 Å². The number of nitrogens with zero attached hydrogens (tertiary/aromatic N) is 1. The van der Waals surface area contributed by atoms with Crippen molar-refractivity contribution >= 4 is 11.4 Å². The minimum atomic E-state index is 0.435. The molecule has 1 heterocycles. The topological polar surface area (TPSA) is 38.5 Å². The third-order valence-electron chi connectivity index (χ3n) is 4.02. The highest BCUT2D eigenvalue weighted by atomic mass is 16.5. The summed E-state index contributed by atoms with van der Waals surface area (Å²) in [6, 6.07) is 6.76. The lowest BCUT2D eigenvalue weighted by Gasteiger charge is -2.40. The summed E-state index contributed by atoms with van der Waals surface area (Å²) in [6.07, 6.45) is 4.18. The van der Waals surface area contributed by atoms with Gasteiger partial charge in [-0.3, -0.25) is 0 Å². The lowest BCUT2D eigenvalue weighted by Crippen LogP contribution is -2.48. The average molecular weight is 232 g/mol. The lowest BCUT2D eigenvalue weighted by molar-refractivity contribution is 0.0256. The number of hydrogen-bond donors (Lipinski definition) is 1. The number of aryl methyl sites for hydroxylation is 1. The highest BCUT2D eigenvalue weighted by Gasteiger charge is 2.36. The van der Waals surface area contributed by atoms with Gasteiger partial charge in [0, 0.05) is 17.9 Å². The summed E-state index contributed by atoms with van der Waals surface area (Å²) in [6.45, 7) is 4.00. The summed E-state index contributed by atoms with van der Waals surface area (Å²) in [5, 5.41) is 0. The van der Waals surface area contributed by atoms with E-state index in [1.807, 2.05) is 6.07 Å². The van der Waals surface area contributed by atoms with Gasteiger partial charge in [0.2, 0.25) is 0 Å². The van der Waals surface area contributed by atoms with E-state index in [-0.39, 0.29) is 0 Å². The summed E-state index contributed by atoms with van der Waals surface area (Å²) in [5.74, 6) is 0. The maximum atomic E-state index is 5.91. The second-order valence-electron chi connectivity index (χ2n) is 5.15. The van der Waals surface area contributed by atoms with Gasteiger partial charge >= 0.3 is 0 Å². The summed E-state index contributed by atoms with van der Waals surface area (Å²) < 4.78 is 5.85. The number of benzene rings is 1. The Bertz CT molecular complexity index is 419. The van der Waals surface area contributed by atoms with Gasteiger partial charge < -0.3 is 15.4 Å². The number of anilines is 2. The van der Waals surface area contributed by atoms with Crippen LogP contribution in [0.4, 0.5) is 11.4 Å². The van der Waals surface area contributed by atoms with Gasteiger partial charge in [0.25, 0.3) is 0 Å². The standard InChI is InChI=1S/C14H20N2O/c1-10-5-6-11(15)9-13(10)16-7-8-17-14-4-2-3-12(14)16/h5-6,9,12,14H,2-4,7-8,15H2,1H3. The molecule has 0 amide bonds. The van der Waals surface area contributed by atoms with Crippen LogP contribution in [-0.2, 0) is 4.74 Å². The number of rotatable bonds is 1. The van der Waals surface area contributed by atoms with Crippen LogP contribution in [0.5, 0.6) is 0 Å². The molecule has 1 saturated heterocycles. The predicted octanol–water partition coefficient (Wildman–Crippen LogP) is 2.33. The zero-order valence-corrected chi connectivity index (χ0v) is 10.4. The molecule has 2 unspecified atom stereocenters. The van der Waals surface area contributed by atoms with Crippen molar-refractivity contribution < 1.29 is 4.74 Å². The maximum Gasteiger partial charge on any atom is 0.0779 e. The molecule has 1 aliphatic heterocycles. The molecule has 3 nitrogen and oxygen atoms in total.